The van der Waals surface area contributed by atoms with Gasteiger partial charge < -0.3 is 24.8 Å². The zero-order chi connectivity index (χ0) is 25.1. The van der Waals surface area contributed by atoms with Crippen LogP contribution < -0.4 is 0 Å². The van der Waals surface area contributed by atoms with Gasteiger partial charge in [0.2, 0.25) is 0 Å². The van der Waals surface area contributed by atoms with Gasteiger partial charge in [-0.15, -0.1) is 0 Å². The molecule has 0 aromatic heterocycles. The molecule has 4 aliphatic carbocycles. The first-order valence-electron chi connectivity index (χ1n) is 13.3. The van der Waals surface area contributed by atoms with Gasteiger partial charge in [-0.2, -0.15) is 0 Å². The molecule has 2 heterocycles. The summed E-state index contributed by atoms with van der Waals surface area (Å²) < 4.78 is 12.0. The van der Waals surface area contributed by atoms with Crippen LogP contribution in [0.5, 0.6) is 0 Å². The molecule has 6 aliphatic rings. The van der Waals surface area contributed by atoms with E-state index in [1.807, 2.05) is 13.8 Å². The van der Waals surface area contributed by atoms with Gasteiger partial charge in [-0.3, -0.25) is 4.79 Å². The number of carbonyl (C=O) groups excluding carboxylic acids is 2. The minimum atomic E-state index is -0.811. The first kappa shape index (κ1) is 23.8. The fourth-order valence-electron chi connectivity index (χ4n) is 9.72. The van der Waals surface area contributed by atoms with Gasteiger partial charge in [0.05, 0.1) is 29.8 Å². The molecule has 4 fully saturated rings. The molecule has 192 valence electrons. The summed E-state index contributed by atoms with van der Waals surface area (Å²) in [6.45, 7) is 7.99. The third kappa shape index (κ3) is 2.81. The van der Waals surface area contributed by atoms with E-state index in [1.165, 1.54) is 6.08 Å². The number of carbonyl (C=O) groups is 2. The van der Waals surface area contributed by atoms with Gasteiger partial charge in [0.1, 0.15) is 17.8 Å². The first-order valence-corrected chi connectivity index (χ1v) is 13.3. The van der Waals surface area contributed by atoms with Crippen LogP contribution in [0.1, 0.15) is 59.8 Å². The van der Waals surface area contributed by atoms with Gasteiger partial charge in [0.25, 0.3) is 0 Å². The molecule has 7 nitrogen and oxygen atoms in total. The van der Waals surface area contributed by atoms with Crippen molar-refractivity contribution in [2.75, 3.05) is 6.61 Å². The Bertz CT molecular complexity index is 1030. The molecule has 2 aliphatic heterocycles. The van der Waals surface area contributed by atoms with Crippen LogP contribution in [0.3, 0.4) is 0 Å². The Morgan fingerprint density at radius 3 is 2.63 bits per heavy atom. The molecule has 0 unspecified atom stereocenters. The Balaban J connectivity index is 1.30. The van der Waals surface area contributed by atoms with Crippen LogP contribution in [0.25, 0.3) is 0 Å². The van der Waals surface area contributed by atoms with E-state index in [9.17, 15) is 24.9 Å². The maximum atomic E-state index is 13.3. The highest BCUT2D eigenvalue weighted by Crippen LogP contribution is 2.73. The second-order valence-corrected chi connectivity index (χ2v) is 12.7. The topological polar surface area (TPSA) is 117 Å². The van der Waals surface area contributed by atoms with Crippen LogP contribution in [-0.4, -0.2) is 63.7 Å². The Kier molecular flexibility index (Phi) is 5.11. The highest BCUT2D eigenvalue weighted by molar-refractivity contribution is 5.98. The third-order valence-electron chi connectivity index (χ3n) is 11.6. The van der Waals surface area contributed by atoms with Gasteiger partial charge in [-0.25, -0.2) is 4.79 Å². The SMILES string of the molecule is CC1=C(CO)C(=O)O[C@@H]([C@@H](C)[C@H]2C[C@@H](O)[C@H]3[C@@H]4C[C@H]5O[C@]56[C@@H](O)C=CC(=O)[C@]6(C)[C@H]4CC[C@@]32C)C1. The molecule has 35 heavy (non-hydrogen) atoms. The molecule has 3 saturated carbocycles. The first-order chi connectivity index (χ1) is 16.5. The Morgan fingerprint density at radius 2 is 1.94 bits per heavy atom. The molecule has 12 atom stereocenters. The highest BCUT2D eigenvalue weighted by atomic mass is 16.6. The number of ether oxygens (including phenoxy) is 2. The molecule has 0 aromatic rings. The number of hydrogen-bond donors (Lipinski definition) is 3. The van der Waals surface area contributed by atoms with Crippen molar-refractivity contribution in [2.45, 2.75) is 89.8 Å². The lowest BCUT2D eigenvalue weighted by molar-refractivity contribution is -0.158. The van der Waals surface area contributed by atoms with E-state index in [0.29, 0.717) is 18.4 Å². The van der Waals surface area contributed by atoms with Crippen molar-refractivity contribution in [1.29, 1.82) is 0 Å². The number of epoxide rings is 1. The van der Waals surface area contributed by atoms with Crippen molar-refractivity contribution in [2.24, 2.45) is 40.4 Å². The number of rotatable bonds is 3. The van der Waals surface area contributed by atoms with Crippen molar-refractivity contribution in [3.8, 4) is 0 Å². The van der Waals surface area contributed by atoms with Crippen LogP contribution in [0.4, 0.5) is 0 Å². The standard InChI is InChI=1S/C28H38O7/c1-13-9-20(34-25(33)16(13)12-29)14(2)18-11-19(30)24-15-10-23-28(35-23)22(32)6-5-21(31)27(28,4)17(15)7-8-26(18,24)3/h5-6,14-15,17-20,22-24,29-30,32H,7-12H2,1-4H3/t14-,15+,17-,18+,19+,20+,22-,23+,24+,26+,27-,28+/m0/s1. The predicted molar refractivity (Wildman–Crippen MR) is 126 cm³/mol. The van der Waals surface area contributed by atoms with E-state index in [4.69, 9.17) is 9.47 Å². The molecule has 1 spiro atoms. The van der Waals surface area contributed by atoms with Gasteiger partial charge in [-0.05, 0) is 86.7 Å². The fraction of sp³-hybridized carbons (Fsp3) is 0.786. The maximum absolute atomic E-state index is 13.3. The van der Waals surface area contributed by atoms with Gasteiger partial charge in [0, 0.05) is 6.42 Å². The zero-order valence-electron chi connectivity index (χ0n) is 21.1. The number of esters is 1. The van der Waals surface area contributed by atoms with Crippen LogP contribution in [0.2, 0.25) is 0 Å². The van der Waals surface area contributed by atoms with Crippen LogP contribution >= 0.6 is 0 Å². The molecule has 6 rings (SSSR count). The minimum Gasteiger partial charge on any atom is -0.458 e. The average Bonchev–Trinajstić information content (AvgIpc) is 3.48. The van der Waals surface area contributed by atoms with Gasteiger partial charge >= 0.3 is 5.97 Å². The van der Waals surface area contributed by atoms with Crippen molar-refractivity contribution >= 4 is 11.8 Å². The Hall–Kier alpha value is -1.54. The lowest BCUT2D eigenvalue weighted by Crippen LogP contribution is -2.64. The predicted octanol–water partition coefficient (Wildman–Crippen LogP) is 2.32. The normalized spacial score (nSPS) is 53.3. The highest BCUT2D eigenvalue weighted by Gasteiger charge is 2.80. The summed E-state index contributed by atoms with van der Waals surface area (Å²) in [6.07, 6.45) is 5.19. The quantitative estimate of drug-likeness (QED) is 0.414. The van der Waals surface area contributed by atoms with E-state index < -0.39 is 29.2 Å². The summed E-state index contributed by atoms with van der Waals surface area (Å²) in [5.74, 6) is 0.0842. The molecular weight excluding hydrogens is 448 g/mol. The van der Waals surface area contributed by atoms with Crippen molar-refractivity contribution in [1.82, 2.24) is 0 Å². The maximum Gasteiger partial charge on any atom is 0.336 e. The number of aliphatic hydroxyl groups is 3. The summed E-state index contributed by atoms with van der Waals surface area (Å²) in [7, 11) is 0. The summed E-state index contributed by atoms with van der Waals surface area (Å²) in [6, 6.07) is 0. The van der Waals surface area contributed by atoms with Crippen LogP contribution in [0.15, 0.2) is 23.3 Å². The Morgan fingerprint density at radius 1 is 1.20 bits per heavy atom. The molecule has 1 saturated heterocycles. The summed E-state index contributed by atoms with van der Waals surface area (Å²) in [5, 5.41) is 31.8. The van der Waals surface area contributed by atoms with Gasteiger partial charge in [-0.1, -0.05) is 19.4 Å². The van der Waals surface area contributed by atoms with E-state index in [1.54, 1.807) is 6.08 Å². The van der Waals surface area contributed by atoms with Crippen molar-refractivity contribution < 1.29 is 34.4 Å². The number of ketones is 1. The molecule has 3 N–H and O–H groups in total. The zero-order valence-corrected chi connectivity index (χ0v) is 21.1. The fourth-order valence-corrected chi connectivity index (χ4v) is 9.72. The molecule has 0 bridgehead atoms. The number of fused-ring (bicyclic) bond motifs is 4. The molecule has 0 amide bonds. The number of cyclic esters (lactones) is 1. The molecule has 0 radical (unpaired) electrons. The van der Waals surface area contributed by atoms with E-state index in [-0.39, 0.29) is 59.6 Å². The van der Waals surface area contributed by atoms with Gasteiger partial charge in [0.15, 0.2) is 5.78 Å². The smallest absolute Gasteiger partial charge is 0.336 e. The van der Waals surface area contributed by atoms with Crippen LogP contribution in [0, 0.1) is 40.4 Å². The Labute approximate surface area is 206 Å². The lowest BCUT2D eigenvalue weighted by atomic mass is 9.44. The minimum absolute atomic E-state index is 0.0347. The summed E-state index contributed by atoms with van der Waals surface area (Å²) in [4.78, 5) is 25.8. The largest absolute Gasteiger partial charge is 0.458 e. The van der Waals surface area contributed by atoms with E-state index in [0.717, 1.165) is 24.8 Å². The summed E-state index contributed by atoms with van der Waals surface area (Å²) in [5.41, 5.74) is -0.482. The average molecular weight is 487 g/mol. The molecule has 7 heteroatoms. The van der Waals surface area contributed by atoms with E-state index in [2.05, 4.69) is 13.8 Å². The second-order valence-electron chi connectivity index (χ2n) is 12.7. The molecular formula is C28H38O7. The number of hydrogen-bond acceptors (Lipinski definition) is 7. The van der Waals surface area contributed by atoms with Crippen molar-refractivity contribution in [3.05, 3.63) is 23.3 Å². The molecule has 0 aromatic carbocycles. The monoisotopic (exact) mass is 486 g/mol. The van der Waals surface area contributed by atoms with Crippen LogP contribution in [-0.2, 0) is 19.1 Å². The second kappa shape index (κ2) is 7.50. The van der Waals surface area contributed by atoms with Crippen molar-refractivity contribution in [3.63, 3.8) is 0 Å². The number of aliphatic hydroxyl groups excluding tert-OH is 3. The lowest BCUT2D eigenvalue weighted by Gasteiger charge is -2.58. The third-order valence-corrected chi connectivity index (χ3v) is 11.6. The number of allylic oxidation sites excluding steroid dienone is 1. The summed E-state index contributed by atoms with van der Waals surface area (Å²) >= 11 is 0. The van der Waals surface area contributed by atoms with E-state index >= 15 is 0 Å².